The summed E-state index contributed by atoms with van der Waals surface area (Å²) in [7, 11) is 0. The SMILES string of the molecule is Cc1cc2c(cc3c(=O)n(CCCC(=O)NC(C)(C)C)nc(C)n32)o1. The molecule has 3 heterocycles. The lowest BCUT2D eigenvalue weighted by molar-refractivity contribution is -0.122. The van der Waals surface area contributed by atoms with Crippen LogP contribution >= 0.6 is 0 Å². The summed E-state index contributed by atoms with van der Waals surface area (Å²) < 4.78 is 8.86. The Kier molecular flexibility index (Phi) is 4.18. The van der Waals surface area contributed by atoms with E-state index in [4.69, 9.17) is 4.42 Å². The molecule has 1 N–H and O–H groups in total. The number of nitrogens with one attached hydrogen (secondary N) is 1. The van der Waals surface area contributed by atoms with Crippen LogP contribution in [-0.4, -0.2) is 25.6 Å². The number of aryl methyl sites for hydroxylation is 3. The second-order valence-corrected chi connectivity index (χ2v) is 7.45. The van der Waals surface area contributed by atoms with Gasteiger partial charge < -0.3 is 9.73 Å². The van der Waals surface area contributed by atoms with Crippen molar-refractivity contribution in [1.29, 1.82) is 0 Å². The zero-order valence-electron chi connectivity index (χ0n) is 15.3. The maximum absolute atomic E-state index is 12.7. The summed E-state index contributed by atoms with van der Waals surface area (Å²) in [4.78, 5) is 24.6. The number of rotatable bonds is 4. The highest BCUT2D eigenvalue weighted by Crippen LogP contribution is 2.22. The van der Waals surface area contributed by atoms with E-state index in [0.29, 0.717) is 36.3 Å². The summed E-state index contributed by atoms with van der Waals surface area (Å²) in [6.45, 7) is 9.96. The molecule has 3 rings (SSSR count). The quantitative estimate of drug-likeness (QED) is 0.788. The fourth-order valence-corrected chi connectivity index (χ4v) is 3.04. The number of aromatic nitrogens is 3. The molecule has 0 aromatic carbocycles. The van der Waals surface area contributed by atoms with Crippen molar-refractivity contribution in [2.75, 3.05) is 0 Å². The Morgan fingerprint density at radius 2 is 1.96 bits per heavy atom. The molecule has 3 aromatic rings. The minimum atomic E-state index is -0.250. The molecule has 0 spiro atoms. The van der Waals surface area contributed by atoms with Crippen molar-refractivity contribution >= 4 is 22.5 Å². The summed E-state index contributed by atoms with van der Waals surface area (Å²) in [5.41, 5.74) is 1.65. The molecular weight excluding hydrogens is 320 g/mol. The van der Waals surface area contributed by atoms with Gasteiger partial charge in [-0.25, -0.2) is 4.68 Å². The molecule has 7 heteroatoms. The van der Waals surface area contributed by atoms with Crippen LogP contribution in [-0.2, 0) is 11.3 Å². The first-order chi connectivity index (χ1) is 11.7. The van der Waals surface area contributed by atoms with Crippen LogP contribution < -0.4 is 10.9 Å². The van der Waals surface area contributed by atoms with E-state index in [9.17, 15) is 9.59 Å². The third-order valence-corrected chi connectivity index (χ3v) is 3.94. The molecule has 0 saturated heterocycles. The van der Waals surface area contributed by atoms with Gasteiger partial charge in [-0.2, -0.15) is 5.10 Å². The van der Waals surface area contributed by atoms with Crippen LogP contribution in [0.4, 0.5) is 0 Å². The summed E-state index contributed by atoms with van der Waals surface area (Å²) in [6, 6.07) is 3.65. The van der Waals surface area contributed by atoms with Gasteiger partial charge in [0, 0.05) is 30.6 Å². The highest BCUT2D eigenvalue weighted by molar-refractivity contribution is 5.83. The van der Waals surface area contributed by atoms with Gasteiger partial charge in [-0.3, -0.25) is 14.0 Å². The normalized spacial score (nSPS) is 12.2. The highest BCUT2D eigenvalue weighted by Gasteiger charge is 2.16. The van der Waals surface area contributed by atoms with Gasteiger partial charge in [0.2, 0.25) is 5.91 Å². The minimum absolute atomic E-state index is 0.0194. The molecule has 7 nitrogen and oxygen atoms in total. The van der Waals surface area contributed by atoms with Gasteiger partial charge in [0.05, 0.1) is 5.52 Å². The second kappa shape index (κ2) is 6.06. The fourth-order valence-electron chi connectivity index (χ4n) is 3.04. The monoisotopic (exact) mass is 344 g/mol. The third kappa shape index (κ3) is 3.45. The van der Waals surface area contributed by atoms with Crippen LogP contribution in [0.5, 0.6) is 0 Å². The average Bonchev–Trinajstić information content (AvgIpc) is 2.98. The van der Waals surface area contributed by atoms with Gasteiger partial charge in [-0.15, -0.1) is 0 Å². The number of amides is 1. The molecule has 25 heavy (non-hydrogen) atoms. The van der Waals surface area contributed by atoms with Crippen LogP contribution in [0.1, 0.15) is 45.2 Å². The summed E-state index contributed by atoms with van der Waals surface area (Å²) >= 11 is 0. The standard InChI is InChI=1S/C18H24N4O3/c1-11-9-13-15(25-11)10-14-17(24)21(20-12(2)22(13)14)8-6-7-16(23)19-18(3,4)5/h9-10H,6-8H2,1-5H3,(H,19,23). The molecule has 3 aromatic heterocycles. The van der Waals surface area contributed by atoms with E-state index >= 15 is 0 Å². The van der Waals surface area contributed by atoms with Gasteiger partial charge in [-0.05, 0) is 41.0 Å². The van der Waals surface area contributed by atoms with Crippen LogP contribution in [0.2, 0.25) is 0 Å². The van der Waals surface area contributed by atoms with Crippen LogP contribution in [0, 0.1) is 13.8 Å². The van der Waals surface area contributed by atoms with Crippen molar-refractivity contribution in [3.8, 4) is 0 Å². The van der Waals surface area contributed by atoms with Gasteiger partial charge in [0.15, 0.2) is 5.58 Å². The summed E-state index contributed by atoms with van der Waals surface area (Å²) in [5.74, 6) is 1.49. The minimum Gasteiger partial charge on any atom is -0.460 e. The van der Waals surface area contributed by atoms with Crippen molar-refractivity contribution in [2.24, 2.45) is 0 Å². The van der Waals surface area contributed by atoms with E-state index in [1.54, 1.807) is 6.07 Å². The Hall–Kier alpha value is -2.57. The largest absolute Gasteiger partial charge is 0.460 e. The molecule has 0 bridgehead atoms. The molecule has 1 amide bonds. The Labute approximate surface area is 145 Å². The Morgan fingerprint density at radius 1 is 1.24 bits per heavy atom. The zero-order valence-corrected chi connectivity index (χ0v) is 15.3. The molecule has 0 radical (unpaired) electrons. The van der Waals surface area contributed by atoms with Gasteiger partial charge in [0.1, 0.15) is 17.1 Å². The van der Waals surface area contributed by atoms with Gasteiger partial charge in [0.25, 0.3) is 5.56 Å². The second-order valence-electron chi connectivity index (χ2n) is 7.45. The van der Waals surface area contributed by atoms with Crippen molar-refractivity contribution in [3.63, 3.8) is 0 Å². The number of fused-ring (bicyclic) bond motifs is 3. The van der Waals surface area contributed by atoms with Crippen molar-refractivity contribution in [2.45, 2.75) is 59.5 Å². The maximum Gasteiger partial charge on any atom is 0.291 e. The molecule has 0 aliphatic carbocycles. The van der Waals surface area contributed by atoms with Crippen molar-refractivity contribution in [3.05, 3.63) is 34.1 Å². The van der Waals surface area contributed by atoms with Gasteiger partial charge >= 0.3 is 0 Å². The van der Waals surface area contributed by atoms with E-state index in [0.717, 1.165) is 11.3 Å². The molecule has 134 valence electrons. The lowest BCUT2D eigenvalue weighted by atomic mass is 10.1. The highest BCUT2D eigenvalue weighted by atomic mass is 16.3. The Balaban J connectivity index is 1.82. The first kappa shape index (κ1) is 17.3. The predicted molar refractivity (Wildman–Crippen MR) is 95.8 cm³/mol. The number of carbonyl (C=O) groups is 1. The molecule has 0 atom stereocenters. The Morgan fingerprint density at radius 3 is 2.64 bits per heavy atom. The van der Waals surface area contributed by atoms with Crippen molar-refractivity contribution in [1.82, 2.24) is 19.5 Å². The van der Waals surface area contributed by atoms with Crippen molar-refractivity contribution < 1.29 is 9.21 Å². The van der Waals surface area contributed by atoms with Gasteiger partial charge in [-0.1, -0.05) is 0 Å². The van der Waals surface area contributed by atoms with Crippen LogP contribution in [0.15, 0.2) is 21.3 Å². The topological polar surface area (TPSA) is 81.5 Å². The average molecular weight is 344 g/mol. The van der Waals surface area contributed by atoms with E-state index < -0.39 is 0 Å². The predicted octanol–water partition coefficient (Wildman–Crippen LogP) is 2.55. The molecule has 0 unspecified atom stereocenters. The number of furan rings is 1. The lowest BCUT2D eigenvalue weighted by Crippen LogP contribution is -2.40. The van der Waals surface area contributed by atoms with Crippen LogP contribution in [0.3, 0.4) is 0 Å². The summed E-state index contributed by atoms with van der Waals surface area (Å²) in [5, 5.41) is 7.31. The van der Waals surface area contributed by atoms with E-state index in [-0.39, 0.29) is 17.0 Å². The van der Waals surface area contributed by atoms with Crippen LogP contribution in [0.25, 0.3) is 16.6 Å². The number of nitrogens with zero attached hydrogens (tertiary/aromatic N) is 3. The Bertz CT molecular complexity index is 1000. The number of hydrogen-bond acceptors (Lipinski definition) is 4. The number of carbonyl (C=O) groups excluding carboxylic acids is 1. The molecule has 0 fully saturated rings. The van der Waals surface area contributed by atoms with E-state index in [1.165, 1.54) is 4.68 Å². The molecule has 0 saturated carbocycles. The molecule has 0 aliphatic heterocycles. The first-order valence-electron chi connectivity index (χ1n) is 8.46. The fraction of sp³-hybridized carbons (Fsp3) is 0.500. The zero-order chi connectivity index (χ0) is 18.4. The maximum atomic E-state index is 12.7. The summed E-state index contributed by atoms with van der Waals surface area (Å²) in [6.07, 6.45) is 0.915. The van der Waals surface area contributed by atoms with E-state index in [1.807, 2.05) is 45.1 Å². The van der Waals surface area contributed by atoms with E-state index in [2.05, 4.69) is 10.4 Å². The molecular formula is C18H24N4O3. The third-order valence-electron chi connectivity index (χ3n) is 3.94. The molecule has 0 aliphatic rings. The number of hydrogen-bond donors (Lipinski definition) is 1. The first-order valence-corrected chi connectivity index (χ1v) is 8.46. The lowest BCUT2D eigenvalue weighted by Gasteiger charge is -2.20. The smallest absolute Gasteiger partial charge is 0.291 e.